The molecule has 0 bridgehead atoms. The smallest absolute Gasteiger partial charge is 0.407 e. The largest absolute Gasteiger partial charge is 0.466 e. The maximum atomic E-state index is 12.0. The SMILES string of the molecule is CCCCCCCCCCC[C@@H](CC(=O)OCC)NC(=O)OC(C)(C)C. The van der Waals surface area contributed by atoms with Gasteiger partial charge in [0.25, 0.3) is 0 Å². The van der Waals surface area contributed by atoms with Crippen molar-refractivity contribution in [2.75, 3.05) is 6.61 Å². The van der Waals surface area contributed by atoms with E-state index in [1.54, 1.807) is 6.92 Å². The van der Waals surface area contributed by atoms with Gasteiger partial charge in [-0.3, -0.25) is 4.79 Å². The summed E-state index contributed by atoms with van der Waals surface area (Å²) in [5.74, 6) is -0.274. The van der Waals surface area contributed by atoms with Gasteiger partial charge in [0.1, 0.15) is 5.60 Å². The summed E-state index contributed by atoms with van der Waals surface area (Å²) in [4.78, 5) is 23.7. The molecule has 0 spiro atoms. The van der Waals surface area contributed by atoms with E-state index in [1.165, 1.54) is 44.9 Å². The van der Waals surface area contributed by atoms with E-state index in [0.717, 1.165) is 19.3 Å². The summed E-state index contributed by atoms with van der Waals surface area (Å²) < 4.78 is 10.3. The average molecular weight is 372 g/mol. The Morgan fingerprint density at radius 3 is 1.92 bits per heavy atom. The van der Waals surface area contributed by atoms with Crippen molar-refractivity contribution in [3.63, 3.8) is 0 Å². The fraction of sp³-hybridized carbons (Fsp3) is 0.905. The lowest BCUT2D eigenvalue weighted by molar-refractivity contribution is -0.143. The molecule has 1 amide bonds. The van der Waals surface area contributed by atoms with Crippen LogP contribution < -0.4 is 5.32 Å². The molecule has 0 aliphatic rings. The van der Waals surface area contributed by atoms with Crippen LogP contribution in [0, 0.1) is 0 Å². The number of unbranched alkanes of at least 4 members (excludes halogenated alkanes) is 8. The Hall–Kier alpha value is -1.26. The summed E-state index contributed by atoms with van der Waals surface area (Å²) in [6.45, 7) is 9.86. The Balaban J connectivity index is 4.11. The number of nitrogens with one attached hydrogen (secondary N) is 1. The number of ether oxygens (including phenoxy) is 2. The van der Waals surface area contributed by atoms with Crippen LogP contribution in [0.25, 0.3) is 0 Å². The third-order valence-corrected chi connectivity index (χ3v) is 4.10. The molecule has 0 rings (SSSR count). The van der Waals surface area contributed by atoms with Crippen LogP contribution in [0.4, 0.5) is 4.79 Å². The summed E-state index contributed by atoms with van der Waals surface area (Å²) in [7, 11) is 0. The zero-order valence-electron chi connectivity index (χ0n) is 17.7. The second-order valence-electron chi connectivity index (χ2n) is 7.97. The number of hydrogen-bond donors (Lipinski definition) is 1. The van der Waals surface area contributed by atoms with E-state index in [0.29, 0.717) is 6.61 Å². The van der Waals surface area contributed by atoms with Crippen LogP contribution >= 0.6 is 0 Å². The van der Waals surface area contributed by atoms with Gasteiger partial charge in [-0.15, -0.1) is 0 Å². The molecule has 0 unspecified atom stereocenters. The molecule has 0 aliphatic carbocycles. The molecule has 0 aliphatic heterocycles. The number of hydrogen-bond acceptors (Lipinski definition) is 4. The first-order valence-electron chi connectivity index (χ1n) is 10.4. The van der Waals surface area contributed by atoms with Crippen molar-refractivity contribution in [1.29, 1.82) is 0 Å². The lowest BCUT2D eigenvalue weighted by Crippen LogP contribution is -2.40. The molecule has 0 aromatic heterocycles. The van der Waals surface area contributed by atoms with Gasteiger partial charge < -0.3 is 14.8 Å². The first-order valence-corrected chi connectivity index (χ1v) is 10.4. The average Bonchev–Trinajstić information content (AvgIpc) is 2.51. The van der Waals surface area contributed by atoms with E-state index >= 15 is 0 Å². The first-order chi connectivity index (χ1) is 12.3. The second-order valence-corrected chi connectivity index (χ2v) is 7.97. The van der Waals surface area contributed by atoms with Gasteiger partial charge >= 0.3 is 12.1 Å². The number of esters is 1. The molecule has 0 radical (unpaired) electrons. The van der Waals surface area contributed by atoms with Gasteiger partial charge in [0.15, 0.2) is 0 Å². The van der Waals surface area contributed by atoms with Gasteiger partial charge in [-0.2, -0.15) is 0 Å². The zero-order valence-corrected chi connectivity index (χ0v) is 17.7. The molecule has 0 fully saturated rings. The number of amides is 1. The van der Waals surface area contributed by atoms with Crippen LogP contribution in [0.2, 0.25) is 0 Å². The normalized spacial score (nSPS) is 12.5. The highest BCUT2D eigenvalue weighted by Crippen LogP contribution is 2.14. The fourth-order valence-corrected chi connectivity index (χ4v) is 2.82. The Bertz CT molecular complexity index is 377. The molecular formula is C21H41NO4. The molecule has 0 aromatic rings. The minimum atomic E-state index is -0.545. The van der Waals surface area contributed by atoms with Crippen LogP contribution in [0.5, 0.6) is 0 Å². The molecule has 5 heteroatoms. The minimum absolute atomic E-state index is 0.199. The minimum Gasteiger partial charge on any atom is -0.466 e. The van der Waals surface area contributed by atoms with Crippen molar-refractivity contribution in [2.45, 2.75) is 117 Å². The maximum absolute atomic E-state index is 12.0. The number of carbonyl (C=O) groups excluding carboxylic acids is 2. The lowest BCUT2D eigenvalue weighted by Gasteiger charge is -2.23. The van der Waals surface area contributed by atoms with Crippen LogP contribution in [-0.4, -0.2) is 30.3 Å². The van der Waals surface area contributed by atoms with Crippen molar-refractivity contribution in [2.24, 2.45) is 0 Å². The van der Waals surface area contributed by atoms with E-state index in [2.05, 4.69) is 12.2 Å². The van der Waals surface area contributed by atoms with Gasteiger partial charge in [0.05, 0.1) is 13.0 Å². The summed E-state index contributed by atoms with van der Waals surface area (Å²) >= 11 is 0. The highest BCUT2D eigenvalue weighted by molar-refractivity contribution is 5.72. The van der Waals surface area contributed by atoms with Crippen LogP contribution in [0.3, 0.4) is 0 Å². The van der Waals surface area contributed by atoms with Gasteiger partial charge in [-0.05, 0) is 34.1 Å². The molecule has 1 N–H and O–H groups in total. The molecule has 26 heavy (non-hydrogen) atoms. The Morgan fingerprint density at radius 2 is 1.42 bits per heavy atom. The predicted molar refractivity (Wildman–Crippen MR) is 106 cm³/mol. The standard InChI is InChI=1S/C21H41NO4/c1-6-8-9-10-11-12-13-14-15-16-18(17-19(23)25-7-2)22-20(24)26-21(3,4)5/h18H,6-17H2,1-5H3,(H,22,24)/t18-/m0/s1. The predicted octanol–water partition coefficient (Wildman–Crippen LogP) is 5.75. The Kier molecular flexibility index (Phi) is 14.1. The van der Waals surface area contributed by atoms with Crippen molar-refractivity contribution < 1.29 is 19.1 Å². The zero-order chi connectivity index (χ0) is 19.8. The van der Waals surface area contributed by atoms with Crippen molar-refractivity contribution in [3.8, 4) is 0 Å². The van der Waals surface area contributed by atoms with Crippen LogP contribution in [0.1, 0.15) is 105 Å². The summed E-state index contributed by atoms with van der Waals surface area (Å²) in [6.07, 6.45) is 11.7. The monoisotopic (exact) mass is 371 g/mol. The molecule has 0 saturated carbocycles. The van der Waals surface area contributed by atoms with Gasteiger partial charge in [-0.1, -0.05) is 64.7 Å². The van der Waals surface area contributed by atoms with Gasteiger partial charge in [0.2, 0.25) is 0 Å². The second kappa shape index (κ2) is 14.9. The van der Waals surface area contributed by atoms with Gasteiger partial charge in [0, 0.05) is 6.04 Å². The fourth-order valence-electron chi connectivity index (χ4n) is 2.82. The van der Waals surface area contributed by atoms with E-state index in [-0.39, 0.29) is 18.4 Å². The molecule has 5 nitrogen and oxygen atoms in total. The molecule has 154 valence electrons. The molecule has 0 aromatic carbocycles. The highest BCUT2D eigenvalue weighted by atomic mass is 16.6. The highest BCUT2D eigenvalue weighted by Gasteiger charge is 2.21. The van der Waals surface area contributed by atoms with Crippen LogP contribution in [0.15, 0.2) is 0 Å². The van der Waals surface area contributed by atoms with Crippen molar-refractivity contribution >= 4 is 12.1 Å². The van der Waals surface area contributed by atoms with Gasteiger partial charge in [-0.25, -0.2) is 4.79 Å². The number of carbonyl (C=O) groups is 2. The summed E-state index contributed by atoms with van der Waals surface area (Å²) in [5, 5.41) is 2.83. The van der Waals surface area contributed by atoms with E-state index in [9.17, 15) is 9.59 Å². The Morgan fingerprint density at radius 1 is 0.885 bits per heavy atom. The molecular weight excluding hydrogens is 330 g/mol. The van der Waals surface area contributed by atoms with E-state index < -0.39 is 11.7 Å². The van der Waals surface area contributed by atoms with Crippen molar-refractivity contribution in [3.05, 3.63) is 0 Å². The van der Waals surface area contributed by atoms with E-state index in [1.807, 2.05) is 20.8 Å². The quantitative estimate of drug-likeness (QED) is 0.312. The van der Waals surface area contributed by atoms with E-state index in [4.69, 9.17) is 9.47 Å². The first kappa shape index (κ1) is 24.7. The number of rotatable bonds is 14. The summed E-state index contributed by atoms with van der Waals surface area (Å²) in [5.41, 5.74) is -0.545. The molecule has 0 heterocycles. The Labute approximate surface area is 160 Å². The maximum Gasteiger partial charge on any atom is 0.407 e. The third-order valence-electron chi connectivity index (χ3n) is 4.10. The van der Waals surface area contributed by atoms with Crippen LogP contribution in [-0.2, 0) is 14.3 Å². The molecule has 1 atom stereocenters. The topological polar surface area (TPSA) is 64.6 Å². The summed E-state index contributed by atoms with van der Waals surface area (Å²) in [6, 6.07) is -0.228. The third kappa shape index (κ3) is 16.2. The molecule has 0 saturated heterocycles. The number of alkyl carbamates (subject to hydrolysis) is 1. The lowest BCUT2D eigenvalue weighted by atomic mass is 10.0. The van der Waals surface area contributed by atoms with Crippen molar-refractivity contribution in [1.82, 2.24) is 5.32 Å².